The zero-order valence-electron chi connectivity index (χ0n) is 15.0. The number of hydrogen-bond donors (Lipinski definition) is 0. The first-order valence-electron chi connectivity index (χ1n) is 9.54. The minimum atomic E-state index is -3.19. The van der Waals surface area contributed by atoms with Gasteiger partial charge in [0.05, 0.1) is 11.7 Å². The molecule has 0 N–H and O–H groups in total. The highest BCUT2D eigenvalue weighted by molar-refractivity contribution is 7.93. The van der Waals surface area contributed by atoms with E-state index in [0.29, 0.717) is 42.8 Å². The van der Waals surface area contributed by atoms with E-state index in [1.807, 2.05) is 0 Å². The van der Waals surface area contributed by atoms with E-state index in [9.17, 15) is 12.8 Å². The normalized spacial score (nSPS) is 27.2. The molecule has 2 aliphatic heterocycles. The highest BCUT2D eigenvalue weighted by Crippen LogP contribution is 2.51. The molecule has 3 heterocycles. The Bertz CT molecular complexity index is 945. The van der Waals surface area contributed by atoms with Crippen molar-refractivity contribution in [3.63, 3.8) is 0 Å². The van der Waals surface area contributed by atoms with Crippen LogP contribution >= 0.6 is 0 Å². The van der Waals surface area contributed by atoms with Gasteiger partial charge in [0, 0.05) is 24.7 Å². The third kappa shape index (κ3) is 2.64. The quantitative estimate of drug-likeness (QED) is 0.801. The van der Waals surface area contributed by atoms with Gasteiger partial charge in [-0.3, -0.25) is 4.90 Å². The van der Waals surface area contributed by atoms with Gasteiger partial charge < -0.3 is 4.52 Å². The molecule has 0 bridgehead atoms. The van der Waals surface area contributed by atoms with Crippen molar-refractivity contribution in [2.45, 2.75) is 48.8 Å². The summed E-state index contributed by atoms with van der Waals surface area (Å²) in [7, 11) is -3.19. The Morgan fingerprint density at radius 1 is 1.11 bits per heavy atom. The van der Waals surface area contributed by atoms with Crippen LogP contribution in [0.4, 0.5) is 4.39 Å². The molecule has 1 aromatic heterocycles. The lowest BCUT2D eigenvalue weighted by Gasteiger charge is -2.51. The molecule has 1 atom stereocenters. The van der Waals surface area contributed by atoms with Gasteiger partial charge in [-0.25, -0.2) is 12.8 Å². The van der Waals surface area contributed by atoms with Crippen molar-refractivity contribution in [1.29, 1.82) is 0 Å². The van der Waals surface area contributed by atoms with Gasteiger partial charge >= 0.3 is 0 Å². The Morgan fingerprint density at radius 3 is 2.52 bits per heavy atom. The van der Waals surface area contributed by atoms with Crippen molar-refractivity contribution < 1.29 is 17.3 Å². The van der Waals surface area contributed by atoms with Gasteiger partial charge in [0.1, 0.15) is 10.6 Å². The summed E-state index contributed by atoms with van der Waals surface area (Å²) in [5, 5.41) is 4.01. The minimum absolute atomic E-state index is 0.171. The molecular formula is C19H22FN3O3S. The van der Waals surface area contributed by atoms with Gasteiger partial charge in [-0.05, 0) is 43.5 Å². The van der Waals surface area contributed by atoms with Crippen molar-refractivity contribution in [2.75, 3.05) is 18.8 Å². The molecule has 27 heavy (non-hydrogen) atoms. The van der Waals surface area contributed by atoms with Crippen molar-refractivity contribution >= 4 is 9.84 Å². The lowest BCUT2D eigenvalue weighted by molar-refractivity contribution is 0.0558. The van der Waals surface area contributed by atoms with E-state index in [2.05, 4.69) is 15.0 Å². The minimum Gasteiger partial charge on any atom is -0.339 e. The van der Waals surface area contributed by atoms with Crippen molar-refractivity contribution in [2.24, 2.45) is 0 Å². The first-order valence-corrected chi connectivity index (χ1v) is 11.2. The van der Waals surface area contributed by atoms with Crippen molar-refractivity contribution in [3.8, 4) is 11.4 Å². The Balaban J connectivity index is 1.42. The fraction of sp³-hybridized carbons (Fsp3) is 0.579. The van der Waals surface area contributed by atoms with E-state index in [-0.39, 0.29) is 17.5 Å². The number of sulfone groups is 1. The molecule has 6 nitrogen and oxygen atoms in total. The summed E-state index contributed by atoms with van der Waals surface area (Å²) in [6.07, 6.45) is 5.31. The summed E-state index contributed by atoms with van der Waals surface area (Å²) in [5.74, 6) is 0.342. The van der Waals surface area contributed by atoms with Gasteiger partial charge in [-0.2, -0.15) is 4.98 Å². The molecule has 2 saturated heterocycles. The van der Waals surface area contributed by atoms with E-state index in [4.69, 9.17) is 4.52 Å². The Morgan fingerprint density at radius 2 is 1.81 bits per heavy atom. The van der Waals surface area contributed by atoms with Gasteiger partial charge in [0.25, 0.3) is 0 Å². The third-order valence-corrected chi connectivity index (χ3v) is 9.11. The first kappa shape index (κ1) is 17.3. The van der Waals surface area contributed by atoms with Crippen LogP contribution in [0.5, 0.6) is 0 Å². The number of hydrogen-bond acceptors (Lipinski definition) is 6. The number of aromatic nitrogens is 2. The number of benzene rings is 1. The van der Waals surface area contributed by atoms with Gasteiger partial charge in [0.2, 0.25) is 11.7 Å². The fourth-order valence-electron chi connectivity index (χ4n) is 4.98. The van der Waals surface area contributed by atoms with Crippen LogP contribution in [-0.2, 0) is 9.84 Å². The molecule has 3 fully saturated rings. The second-order valence-electron chi connectivity index (χ2n) is 8.03. The number of likely N-dealkylation sites (tertiary alicyclic amines) is 1. The molecule has 1 saturated carbocycles. The van der Waals surface area contributed by atoms with E-state index in [0.717, 1.165) is 12.8 Å². The average molecular weight is 391 g/mol. The molecule has 8 heteroatoms. The summed E-state index contributed by atoms with van der Waals surface area (Å²) >= 11 is 0. The van der Waals surface area contributed by atoms with E-state index >= 15 is 0 Å². The second kappa shape index (κ2) is 6.10. The summed E-state index contributed by atoms with van der Waals surface area (Å²) < 4.78 is 43.5. The standard InChI is InChI=1S/C19H22FN3O3S/c20-14-7-5-13(6-8-14)17-21-18(26-22-17)16-9-10-27(24,25)19(16)11-23(12-19)15-3-1-2-4-15/h5-8,15-16H,1-4,9-12H2. The van der Waals surface area contributed by atoms with Crippen LogP contribution in [0.25, 0.3) is 11.4 Å². The van der Waals surface area contributed by atoms with Gasteiger partial charge in [-0.15, -0.1) is 0 Å². The van der Waals surface area contributed by atoms with Crippen LogP contribution in [0.2, 0.25) is 0 Å². The average Bonchev–Trinajstić information content (AvgIpc) is 3.32. The Hall–Kier alpha value is -1.80. The molecule has 5 rings (SSSR count). The number of rotatable bonds is 3. The predicted octanol–water partition coefficient (Wildman–Crippen LogP) is 2.77. The van der Waals surface area contributed by atoms with E-state index < -0.39 is 14.6 Å². The van der Waals surface area contributed by atoms with Crippen LogP contribution in [-0.4, -0.2) is 53.1 Å². The lowest BCUT2D eigenvalue weighted by atomic mass is 9.82. The molecule has 1 aliphatic carbocycles. The lowest BCUT2D eigenvalue weighted by Crippen LogP contribution is -2.68. The largest absolute Gasteiger partial charge is 0.339 e. The van der Waals surface area contributed by atoms with Crippen molar-refractivity contribution in [3.05, 3.63) is 36.0 Å². The molecule has 1 aromatic carbocycles. The maximum atomic E-state index is 13.1. The monoisotopic (exact) mass is 391 g/mol. The Labute approximate surface area is 157 Å². The fourth-order valence-corrected chi connectivity index (χ4v) is 7.31. The Kier molecular flexibility index (Phi) is 3.91. The highest BCUT2D eigenvalue weighted by Gasteiger charge is 2.64. The van der Waals surface area contributed by atoms with E-state index in [1.165, 1.54) is 25.0 Å². The van der Waals surface area contributed by atoms with E-state index in [1.54, 1.807) is 12.1 Å². The van der Waals surface area contributed by atoms with Crippen LogP contribution in [0, 0.1) is 5.82 Å². The first-order chi connectivity index (χ1) is 13.0. The van der Waals surface area contributed by atoms with Gasteiger partial charge in [-0.1, -0.05) is 18.0 Å². The molecule has 144 valence electrons. The smallest absolute Gasteiger partial charge is 0.231 e. The SMILES string of the molecule is O=S1(=O)CCC(c2nc(-c3ccc(F)cc3)no2)C12CN(C1CCCC1)C2. The molecule has 0 amide bonds. The highest BCUT2D eigenvalue weighted by atomic mass is 32.2. The molecule has 1 unspecified atom stereocenters. The van der Waals surface area contributed by atoms with Crippen molar-refractivity contribution in [1.82, 2.24) is 15.0 Å². The zero-order valence-corrected chi connectivity index (χ0v) is 15.8. The molecule has 1 spiro atoms. The molecule has 3 aliphatic rings. The summed E-state index contributed by atoms with van der Waals surface area (Å²) in [4.78, 5) is 6.79. The van der Waals surface area contributed by atoms with Crippen LogP contribution in [0.15, 0.2) is 28.8 Å². The summed E-state index contributed by atoms with van der Waals surface area (Å²) in [6.45, 7) is 1.14. The van der Waals surface area contributed by atoms with Gasteiger partial charge in [0.15, 0.2) is 9.84 Å². The summed E-state index contributed by atoms with van der Waals surface area (Å²) in [5.41, 5.74) is 0.655. The maximum Gasteiger partial charge on any atom is 0.231 e. The summed E-state index contributed by atoms with van der Waals surface area (Å²) in [6, 6.07) is 6.40. The third-order valence-electron chi connectivity index (χ3n) is 6.55. The molecule has 2 aromatic rings. The zero-order chi connectivity index (χ0) is 18.6. The number of nitrogens with zero attached hydrogens (tertiary/aromatic N) is 3. The predicted molar refractivity (Wildman–Crippen MR) is 97.4 cm³/mol. The van der Waals surface area contributed by atoms with Crippen LogP contribution in [0.1, 0.15) is 43.9 Å². The second-order valence-corrected chi connectivity index (χ2v) is 10.5. The maximum absolute atomic E-state index is 13.1. The molecule has 0 radical (unpaired) electrons. The number of halogens is 1. The molecular weight excluding hydrogens is 369 g/mol. The van der Waals surface area contributed by atoms with Crippen LogP contribution in [0.3, 0.4) is 0 Å². The van der Waals surface area contributed by atoms with Crippen LogP contribution < -0.4 is 0 Å². The topological polar surface area (TPSA) is 76.3 Å².